The van der Waals surface area contributed by atoms with Crippen LogP contribution in [0.25, 0.3) is 0 Å². The van der Waals surface area contributed by atoms with E-state index in [9.17, 15) is 8.42 Å². The minimum atomic E-state index is -3.64. The third-order valence-electron chi connectivity index (χ3n) is 3.20. The summed E-state index contributed by atoms with van der Waals surface area (Å²) in [7, 11) is -3.64. The first-order valence-electron chi connectivity index (χ1n) is 7.09. The van der Waals surface area contributed by atoms with Gasteiger partial charge in [-0.15, -0.1) is 0 Å². The second-order valence-electron chi connectivity index (χ2n) is 4.82. The predicted octanol–water partition coefficient (Wildman–Crippen LogP) is 3.91. The summed E-state index contributed by atoms with van der Waals surface area (Å²) in [4.78, 5) is 0.0687. The van der Waals surface area contributed by atoms with Crippen LogP contribution in [0.1, 0.15) is 12.5 Å². The van der Waals surface area contributed by atoms with E-state index >= 15 is 0 Å². The number of benzene rings is 2. The fourth-order valence-electron chi connectivity index (χ4n) is 1.89. The van der Waals surface area contributed by atoms with E-state index in [1.54, 1.807) is 0 Å². The Kier molecular flexibility index (Phi) is 6.30. The van der Waals surface area contributed by atoms with E-state index in [0.717, 1.165) is 6.42 Å². The van der Waals surface area contributed by atoms with Crippen molar-refractivity contribution in [1.82, 2.24) is 4.72 Å². The molecule has 23 heavy (non-hydrogen) atoms. The maximum absolute atomic E-state index is 12.1. The van der Waals surface area contributed by atoms with E-state index in [2.05, 4.69) is 11.6 Å². The van der Waals surface area contributed by atoms with Gasteiger partial charge in [0.15, 0.2) is 0 Å². The first-order chi connectivity index (χ1) is 10.9. The van der Waals surface area contributed by atoms with E-state index in [1.807, 2.05) is 24.3 Å². The van der Waals surface area contributed by atoms with Crippen LogP contribution in [0.3, 0.4) is 0 Å². The molecule has 0 bridgehead atoms. The number of sulfonamides is 1. The lowest BCUT2D eigenvalue weighted by molar-refractivity contribution is 0.323. The van der Waals surface area contributed by atoms with E-state index in [-0.39, 0.29) is 23.1 Å². The van der Waals surface area contributed by atoms with Gasteiger partial charge in [-0.3, -0.25) is 0 Å². The van der Waals surface area contributed by atoms with Crippen molar-refractivity contribution in [1.29, 1.82) is 0 Å². The standard InChI is InChI=1S/C16H17Cl2NO3S/c1-2-12-3-5-13(6-4-12)22-10-9-19-23(20,21)14-7-8-15(17)16(18)11-14/h3-8,11,19H,2,9-10H2,1H3. The van der Waals surface area contributed by atoms with Crippen LogP contribution < -0.4 is 9.46 Å². The molecule has 0 aliphatic rings. The third-order valence-corrected chi connectivity index (χ3v) is 5.39. The van der Waals surface area contributed by atoms with Crippen molar-refractivity contribution in [3.63, 3.8) is 0 Å². The summed E-state index contributed by atoms with van der Waals surface area (Å²) >= 11 is 11.6. The van der Waals surface area contributed by atoms with Gasteiger partial charge in [0.05, 0.1) is 14.9 Å². The van der Waals surface area contributed by atoms with Crippen LogP contribution in [0.5, 0.6) is 5.75 Å². The molecule has 0 amide bonds. The molecular weight excluding hydrogens is 357 g/mol. The Morgan fingerprint density at radius 1 is 1.04 bits per heavy atom. The van der Waals surface area contributed by atoms with E-state index in [4.69, 9.17) is 27.9 Å². The number of ether oxygens (including phenoxy) is 1. The molecule has 0 radical (unpaired) electrons. The molecule has 0 unspecified atom stereocenters. The van der Waals surface area contributed by atoms with Gasteiger partial charge in [-0.1, -0.05) is 42.3 Å². The van der Waals surface area contributed by atoms with Crippen molar-refractivity contribution >= 4 is 33.2 Å². The van der Waals surface area contributed by atoms with Crippen LogP contribution in [0.4, 0.5) is 0 Å². The lowest BCUT2D eigenvalue weighted by Gasteiger charge is -2.09. The highest BCUT2D eigenvalue weighted by Gasteiger charge is 2.14. The summed E-state index contributed by atoms with van der Waals surface area (Å²) in [6.07, 6.45) is 0.962. The van der Waals surface area contributed by atoms with Crippen molar-refractivity contribution in [2.24, 2.45) is 0 Å². The van der Waals surface area contributed by atoms with Crippen LogP contribution in [0.15, 0.2) is 47.4 Å². The summed E-state index contributed by atoms with van der Waals surface area (Å²) < 4.78 is 32.2. The van der Waals surface area contributed by atoms with Crippen LogP contribution in [0, 0.1) is 0 Å². The summed E-state index contributed by atoms with van der Waals surface area (Å²) in [6, 6.07) is 11.9. The molecule has 7 heteroatoms. The number of aryl methyl sites for hydroxylation is 1. The summed E-state index contributed by atoms with van der Waals surface area (Å²) in [5.74, 6) is 0.705. The maximum Gasteiger partial charge on any atom is 0.240 e. The van der Waals surface area contributed by atoms with Gasteiger partial charge >= 0.3 is 0 Å². The van der Waals surface area contributed by atoms with E-state index in [0.29, 0.717) is 10.8 Å². The van der Waals surface area contributed by atoms with Crippen LogP contribution in [-0.4, -0.2) is 21.6 Å². The first kappa shape index (κ1) is 18.1. The van der Waals surface area contributed by atoms with Crippen molar-refractivity contribution in [2.45, 2.75) is 18.2 Å². The molecule has 0 aliphatic carbocycles. The molecule has 0 aromatic heterocycles. The normalized spacial score (nSPS) is 11.4. The zero-order valence-electron chi connectivity index (χ0n) is 12.6. The van der Waals surface area contributed by atoms with Gasteiger partial charge in [-0.25, -0.2) is 13.1 Å². The first-order valence-corrected chi connectivity index (χ1v) is 9.33. The molecule has 2 rings (SSSR count). The lowest BCUT2D eigenvalue weighted by Crippen LogP contribution is -2.28. The topological polar surface area (TPSA) is 55.4 Å². The van der Waals surface area contributed by atoms with Gasteiger partial charge in [0.2, 0.25) is 10.0 Å². The van der Waals surface area contributed by atoms with Crippen molar-refractivity contribution in [3.8, 4) is 5.75 Å². The smallest absolute Gasteiger partial charge is 0.240 e. The Balaban J connectivity index is 1.88. The summed E-state index contributed by atoms with van der Waals surface area (Å²) in [5.41, 5.74) is 1.22. The number of hydrogen-bond donors (Lipinski definition) is 1. The molecule has 0 saturated heterocycles. The molecule has 0 aliphatic heterocycles. The molecule has 0 atom stereocenters. The Labute approximate surface area is 146 Å². The van der Waals surface area contributed by atoms with Gasteiger partial charge in [0.1, 0.15) is 12.4 Å². The van der Waals surface area contributed by atoms with Crippen LogP contribution in [0.2, 0.25) is 10.0 Å². The van der Waals surface area contributed by atoms with Gasteiger partial charge < -0.3 is 4.74 Å². The zero-order valence-corrected chi connectivity index (χ0v) is 14.9. The summed E-state index contributed by atoms with van der Waals surface area (Å²) in [5, 5.41) is 0.506. The van der Waals surface area contributed by atoms with E-state index < -0.39 is 10.0 Å². The van der Waals surface area contributed by atoms with Gasteiger partial charge in [-0.2, -0.15) is 0 Å². The molecule has 124 valence electrons. The lowest BCUT2D eigenvalue weighted by atomic mass is 10.2. The van der Waals surface area contributed by atoms with Crippen molar-refractivity contribution in [2.75, 3.05) is 13.2 Å². The second-order valence-corrected chi connectivity index (χ2v) is 7.40. The minimum Gasteiger partial charge on any atom is -0.492 e. The average molecular weight is 374 g/mol. The van der Waals surface area contributed by atoms with Crippen molar-refractivity contribution < 1.29 is 13.2 Å². The molecule has 1 N–H and O–H groups in total. The fraction of sp³-hybridized carbons (Fsp3) is 0.250. The van der Waals surface area contributed by atoms with Gasteiger partial charge in [0.25, 0.3) is 0 Å². The molecule has 0 fully saturated rings. The molecular formula is C16H17Cl2NO3S. The Morgan fingerprint density at radius 2 is 1.74 bits per heavy atom. The maximum atomic E-state index is 12.1. The highest BCUT2D eigenvalue weighted by molar-refractivity contribution is 7.89. The van der Waals surface area contributed by atoms with E-state index in [1.165, 1.54) is 23.8 Å². The highest BCUT2D eigenvalue weighted by Crippen LogP contribution is 2.24. The SMILES string of the molecule is CCc1ccc(OCCNS(=O)(=O)c2ccc(Cl)c(Cl)c2)cc1. The van der Waals surface area contributed by atoms with Crippen LogP contribution in [-0.2, 0) is 16.4 Å². The third kappa shape index (κ3) is 5.11. The van der Waals surface area contributed by atoms with Crippen molar-refractivity contribution in [3.05, 3.63) is 58.1 Å². The largest absolute Gasteiger partial charge is 0.492 e. The molecule has 2 aromatic carbocycles. The summed E-state index contributed by atoms with van der Waals surface area (Å²) in [6.45, 7) is 2.46. The van der Waals surface area contributed by atoms with Crippen LogP contribution >= 0.6 is 23.2 Å². The fourth-order valence-corrected chi connectivity index (χ4v) is 3.30. The molecule has 2 aromatic rings. The molecule has 0 saturated carbocycles. The zero-order chi connectivity index (χ0) is 16.9. The number of nitrogens with one attached hydrogen (secondary N) is 1. The minimum absolute atomic E-state index is 0.0687. The Morgan fingerprint density at radius 3 is 2.35 bits per heavy atom. The number of hydrogen-bond acceptors (Lipinski definition) is 3. The average Bonchev–Trinajstić information content (AvgIpc) is 2.54. The Hall–Kier alpha value is -1.27. The highest BCUT2D eigenvalue weighted by atomic mass is 35.5. The Bertz CT molecular complexity index is 761. The number of halogens is 2. The predicted molar refractivity (Wildman–Crippen MR) is 93.0 cm³/mol. The van der Waals surface area contributed by atoms with Gasteiger partial charge in [-0.05, 0) is 42.3 Å². The molecule has 0 heterocycles. The van der Waals surface area contributed by atoms with Gasteiger partial charge in [0, 0.05) is 6.54 Å². The quantitative estimate of drug-likeness (QED) is 0.748. The second kappa shape index (κ2) is 8.02. The molecule has 0 spiro atoms. The monoisotopic (exact) mass is 373 g/mol. The number of rotatable bonds is 7. The molecule has 4 nitrogen and oxygen atoms in total.